The molecule has 1 aliphatic rings. The van der Waals surface area contributed by atoms with Gasteiger partial charge in [0, 0.05) is 41.6 Å². The Labute approximate surface area is 216 Å². The minimum Gasteiger partial charge on any atom is -0.491 e. The standard InChI is InChI=1S/C28H29FN2O5S/c1-4-22-23(11-13-25(26(22)29)37(3,34)35)28(33)31-14-15-36-24-12-10-20(16-21(24)17-31)18-6-8-19(9-7-18)27(32)30-5-2/h6-13,16H,4-5,14-15,17H2,1-3H3,(H,30,32). The molecule has 0 radical (unpaired) electrons. The number of nitrogens with zero attached hydrogens (tertiary/aromatic N) is 1. The highest BCUT2D eigenvalue weighted by molar-refractivity contribution is 7.90. The molecule has 0 aliphatic carbocycles. The minimum absolute atomic E-state index is 0.0827. The number of benzene rings is 3. The zero-order valence-corrected chi connectivity index (χ0v) is 21.8. The number of amides is 2. The summed E-state index contributed by atoms with van der Waals surface area (Å²) in [5.41, 5.74) is 3.40. The third-order valence-electron chi connectivity index (χ3n) is 6.34. The van der Waals surface area contributed by atoms with Gasteiger partial charge in [-0.15, -0.1) is 0 Å². The van der Waals surface area contributed by atoms with Crippen LogP contribution in [0.3, 0.4) is 0 Å². The second kappa shape index (κ2) is 10.7. The monoisotopic (exact) mass is 524 g/mol. The van der Waals surface area contributed by atoms with Gasteiger partial charge in [-0.25, -0.2) is 12.8 Å². The van der Waals surface area contributed by atoms with E-state index in [1.165, 1.54) is 6.07 Å². The number of halogens is 1. The highest BCUT2D eigenvalue weighted by Crippen LogP contribution is 2.31. The number of ether oxygens (including phenoxy) is 1. The predicted molar refractivity (Wildman–Crippen MR) is 139 cm³/mol. The van der Waals surface area contributed by atoms with Crippen LogP contribution in [0.5, 0.6) is 5.75 Å². The van der Waals surface area contributed by atoms with E-state index in [4.69, 9.17) is 4.74 Å². The summed E-state index contributed by atoms with van der Waals surface area (Å²) in [4.78, 5) is 26.7. The van der Waals surface area contributed by atoms with Crippen molar-refractivity contribution in [3.63, 3.8) is 0 Å². The fourth-order valence-corrected chi connectivity index (χ4v) is 5.19. The second-order valence-electron chi connectivity index (χ2n) is 8.86. The lowest BCUT2D eigenvalue weighted by molar-refractivity contribution is 0.0731. The molecule has 3 aromatic rings. The lowest BCUT2D eigenvalue weighted by atomic mass is 10.00. The van der Waals surface area contributed by atoms with Gasteiger partial charge in [0.15, 0.2) is 9.84 Å². The van der Waals surface area contributed by atoms with Crippen LogP contribution in [0.25, 0.3) is 11.1 Å². The zero-order chi connectivity index (χ0) is 26.7. The van der Waals surface area contributed by atoms with E-state index in [1.807, 2.05) is 37.3 Å². The van der Waals surface area contributed by atoms with E-state index in [9.17, 15) is 18.0 Å². The number of fused-ring (bicyclic) bond motifs is 1. The Hall–Kier alpha value is -3.72. The molecule has 3 aromatic carbocycles. The molecule has 194 valence electrons. The first-order valence-corrected chi connectivity index (χ1v) is 14.0. The van der Waals surface area contributed by atoms with E-state index in [0.717, 1.165) is 29.0 Å². The summed E-state index contributed by atoms with van der Waals surface area (Å²) in [7, 11) is -3.76. The van der Waals surface area contributed by atoms with Crippen molar-refractivity contribution >= 4 is 21.7 Å². The molecule has 0 saturated heterocycles. The van der Waals surface area contributed by atoms with Crippen molar-refractivity contribution in [1.29, 1.82) is 0 Å². The Morgan fingerprint density at radius 2 is 1.73 bits per heavy atom. The highest BCUT2D eigenvalue weighted by Gasteiger charge is 2.27. The molecule has 1 N–H and O–H groups in total. The maximum Gasteiger partial charge on any atom is 0.254 e. The summed E-state index contributed by atoms with van der Waals surface area (Å²) in [6.07, 6.45) is 1.12. The SMILES string of the molecule is CCNC(=O)c1ccc(-c2ccc3c(c2)CN(C(=O)c2ccc(S(C)(=O)=O)c(F)c2CC)CCO3)cc1. The van der Waals surface area contributed by atoms with Gasteiger partial charge >= 0.3 is 0 Å². The van der Waals surface area contributed by atoms with Crippen LogP contribution >= 0.6 is 0 Å². The van der Waals surface area contributed by atoms with Crippen LogP contribution in [0, 0.1) is 5.82 Å². The maximum atomic E-state index is 15.0. The number of hydrogen-bond donors (Lipinski definition) is 1. The number of sulfone groups is 1. The third-order valence-corrected chi connectivity index (χ3v) is 7.45. The van der Waals surface area contributed by atoms with Gasteiger partial charge < -0.3 is 15.0 Å². The summed E-state index contributed by atoms with van der Waals surface area (Å²) < 4.78 is 44.8. The largest absolute Gasteiger partial charge is 0.491 e. The molecule has 1 aliphatic heterocycles. The van der Waals surface area contributed by atoms with Gasteiger partial charge in [0.2, 0.25) is 0 Å². The fraction of sp³-hybridized carbons (Fsp3) is 0.286. The van der Waals surface area contributed by atoms with Crippen LogP contribution in [0.15, 0.2) is 59.5 Å². The fourth-order valence-electron chi connectivity index (χ4n) is 4.43. The Morgan fingerprint density at radius 1 is 1.03 bits per heavy atom. The average molecular weight is 525 g/mol. The van der Waals surface area contributed by atoms with E-state index in [2.05, 4.69) is 5.32 Å². The Balaban J connectivity index is 1.63. The van der Waals surface area contributed by atoms with Gasteiger partial charge in [0.05, 0.1) is 6.54 Å². The number of hydrogen-bond acceptors (Lipinski definition) is 5. The topological polar surface area (TPSA) is 92.8 Å². The molecule has 0 atom stereocenters. The van der Waals surface area contributed by atoms with Gasteiger partial charge in [0.25, 0.3) is 11.8 Å². The zero-order valence-electron chi connectivity index (χ0n) is 21.0. The molecule has 1 heterocycles. The second-order valence-corrected chi connectivity index (χ2v) is 10.8. The Kier molecular flexibility index (Phi) is 7.63. The van der Waals surface area contributed by atoms with Gasteiger partial charge in [-0.3, -0.25) is 9.59 Å². The summed E-state index contributed by atoms with van der Waals surface area (Å²) >= 11 is 0. The molecule has 0 fully saturated rings. The molecular formula is C28H29FN2O5S. The van der Waals surface area contributed by atoms with Crippen molar-refractivity contribution in [2.45, 2.75) is 31.7 Å². The van der Waals surface area contributed by atoms with Gasteiger partial charge in [-0.1, -0.05) is 25.1 Å². The molecule has 0 spiro atoms. The smallest absolute Gasteiger partial charge is 0.254 e. The first kappa shape index (κ1) is 26.3. The molecule has 4 rings (SSSR count). The number of rotatable bonds is 6. The summed E-state index contributed by atoms with van der Waals surface area (Å²) in [6, 6.07) is 15.5. The van der Waals surface area contributed by atoms with E-state index in [0.29, 0.717) is 24.4 Å². The molecule has 0 aromatic heterocycles. The van der Waals surface area contributed by atoms with Crippen molar-refractivity contribution in [1.82, 2.24) is 10.2 Å². The quantitative estimate of drug-likeness (QED) is 0.521. The van der Waals surface area contributed by atoms with Gasteiger partial charge in [0.1, 0.15) is 23.1 Å². The molecule has 2 amide bonds. The van der Waals surface area contributed by atoms with Crippen LogP contribution < -0.4 is 10.1 Å². The molecule has 37 heavy (non-hydrogen) atoms. The predicted octanol–water partition coefficient (Wildman–Crippen LogP) is 4.24. The van der Waals surface area contributed by atoms with Gasteiger partial charge in [-0.05, 0) is 60.9 Å². The first-order chi connectivity index (χ1) is 17.6. The van der Waals surface area contributed by atoms with Crippen LogP contribution in [0.1, 0.15) is 45.7 Å². The molecular weight excluding hydrogens is 495 g/mol. The van der Waals surface area contributed by atoms with E-state index in [1.54, 1.807) is 24.0 Å². The average Bonchev–Trinajstić information content (AvgIpc) is 3.09. The Bertz CT molecular complexity index is 1450. The van der Waals surface area contributed by atoms with Gasteiger partial charge in [-0.2, -0.15) is 0 Å². The highest BCUT2D eigenvalue weighted by atomic mass is 32.2. The molecule has 0 saturated carbocycles. The van der Waals surface area contributed by atoms with E-state index in [-0.39, 0.29) is 42.5 Å². The van der Waals surface area contributed by atoms with Crippen molar-refractivity contribution in [3.05, 3.63) is 82.7 Å². The van der Waals surface area contributed by atoms with E-state index >= 15 is 4.39 Å². The molecule has 0 bridgehead atoms. The lowest BCUT2D eigenvalue weighted by Gasteiger charge is -2.22. The maximum absolute atomic E-state index is 15.0. The number of carbonyl (C=O) groups is 2. The van der Waals surface area contributed by atoms with Crippen molar-refractivity contribution in [3.8, 4) is 16.9 Å². The Morgan fingerprint density at radius 3 is 2.38 bits per heavy atom. The molecule has 9 heteroatoms. The molecule has 0 unspecified atom stereocenters. The van der Waals surface area contributed by atoms with Crippen LogP contribution in [-0.2, 0) is 22.8 Å². The lowest BCUT2D eigenvalue weighted by Crippen LogP contribution is -2.33. The minimum atomic E-state index is -3.76. The van der Waals surface area contributed by atoms with Crippen LogP contribution in [0.2, 0.25) is 0 Å². The summed E-state index contributed by atoms with van der Waals surface area (Å²) in [6.45, 7) is 4.91. The van der Waals surface area contributed by atoms with Crippen molar-refractivity contribution < 1.29 is 27.1 Å². The van der Waals surface area contributed by atoms with Crippen LogP contribution in [0.4, 0.5) is 4.39 Å². The molecule has 7 nitrogen and oxygen atoms in total. The van der Waals surface area contributed by atoms with Crippen molar-refractivity contribution in [2.24, 2.45) is 0 Å². The van der Waals surface area contributed by atoms with Crippen LogP contribution in [-0.4, -0.2) is 51.1 Å². The number of nitrogens with one attached hydrogen (secondary N) is 1. The first-order valence-electron chi connectivity index (χ1n) is 12.1. The van der Waals surface area contributed by atoms with Crippen molar-refractivity contribution in [2.75, 3.05) is 26.0 Å². The summed E-state index contributed by atoms with van der Waals surface area (Å²) in [5.74, 6) is -0.733. The number of carbonyl (C=O) groups excluding carboxylic acids is 2. The normalized spacial score (nSPS) is 13.4. The third kappa shape index (κ3) is 5.51. The summed E-state index contributed by atoms with van der Waals surface area (Å²) in [5, 5.41) is 2.77. The van der Waals surface area contributed by atoms with E-state index < -0.39 is 20.5 Å².